The molecule has 0 bridgehead atoms. The number of rotatable bonds is 2. The monoisotopic (exact) mass is 310 g/mol. The van der Waals surface area contributed by atoms with Crippen LogP contribution in [-0.4, -0.2) is 26.2 Å². The Labute approximate surface area is 136 Å². The Morgan fingerprint density at radius 2 is 1.83 bits per heavy atom. The van der Waals surface area contributed by atoms with Gasteiger partial charge in [0, 0.05) is 24.8 Å². The standard InChI is InChI=1S/C19H22N2O2/c1-12-10-17(20)16-11-15(8-9-18(16)21(12)2)13-4-6-14(7-5-13)19(22)23-3/h4-9,11-12,17H,10,20H2,1-3H3/t12-,17+/m0/s1. The fourth-order valence-corrected chi connectivity index (χ4v) is 3.16. The Kier molecular flexibility index (Phi) is 4.09. The van der Waals surface area contributed by atoms with E-state index in [1.807, 2.05) is 12.1 Å². The lowest BCUT2D eigenvalue weighted by Gasteiger charge is -2.37. The van der Waals surface area contributed by atoms with Gasteiger partial charge in [0.25, 0.3) is 0 Å². The maximum Gasteiger partial charge on any atom is 0.337 e. The van der Waals surface area contributed by atoms with E-state index < -0.39 is 0 Å². The van der Waals surface area contributed by atoms with Crippen LogP contribution in [0.4, 0.5) is 5.69 Å². The molecule has 2 atom stereocenters. The molecular weight excluding hydrogens is 288 g/mol. The zero-order valence-corrected chi connectivity index (χ0v) is 13.7. The van der Waals surface area contributed by atoms with Crippen LogP contribution in [0.1, 0.15) is 35.3 Å². The minimum absolute atomic E-state index is 0.0606. The molecule has 1 heterocycles. The molecule has 0 unspecified atom stereocenters. The number of methoxy groups -OCH3 is 1. The molecule has 2 aromatic rings. The van der Waals surface area contributed by atoms with Crippen LogP contribution in [0.15, 0.2) is 42.5 Å². The summed E-state index contributed by atoms with van der Waals surface area (Å²) in [5.41, 5.74) is 11.4. The van der Waals surface area contributed by atoms with Gasteiger partial charge in [-0.15, -0.1) is 0 Å². The van der Waals surface area contributed by atoms with E-state index in [0.29, 0.717) is 11.6 Å². The Morgan fingerprint density at radius 3 is 2.48 bits per heavy atom. The number of benzene rings is 2. The fraction of sp³-hybridized carbons (Fsp3) is 0.316. The van der Waals surface area contributed by atoms with Crippen LogP contribution in [0, 0.1) is 0 Å². The van der Waals surface area contributed by atoms with Crippen molar-refractivity contribution in [3.05, 3.63) is 53.6 Å². The molecule has 3 rings (SSSR count). The summed E-state index contributed by atoms with van der Waals surface area (Å²) in [6.07, 6.45) is 0.953. The number of hydrogen-bond donors (Lipinski definition) is 1. The molecular formula is C19H22N2O2. The minimum atomic E-state index is -0.320. The highest BCUT2D eigenvalue weighted by atomic mass is 16.5. The molecule has 0 spiro atoms. The van der Waals surface area contributed by atoms with E-state index in [-0.39, 0.29) is 12.0 Å². The van der Waals surface area contributed by atoms with Crippen LogP contribution >= 0.6 is 0 Å². The van der Waals surface area contributed by atoms with E-state index >= 15 is 0 Å². The number of carbonyl (C=O) groups is 1. The third-order valence-electron chi connectivity index (χ3n) is 4.70. The lowest BCUT2D eigenvalue weighted by atomic mass is 9.90. The van der Waals surface area contributed by atoms with Crippen LogP contribution < -0.4 is 10.6 Å². The second kappa shape index (κ2) is 6.05. The Bertz CT molecular complexity index is 725. The molecule has 0 fully saturated rings. The van der Waals surface area contributed by atoms with Crippen molar-refractivity contribution in [2.75, 3.05) is 19.1 Å². The van der Waals surface area contributed by atoms with Crippen molar-refractivity contribution in [1.82, 2.24) is 0 Å². The average Bonchev–Trinajstić information content (AvgIpc) is 2.59. The number of carbonyl (C=O) groups excluding carboxylic acids is 1. The normalized spacial score (nSPS) is 20.1. The van der Waals surface area contributed by atoms with Crippen molar-refractivity contribution in [2.24, 2.45) is 5.73 Å². The summed E-state index contributed by atoms with van der Waals surface area (Å²) in [4.78, 5) is 13.8. The van der Waals surface area contributed by atoms with Crippen LogP contribution in [0.25, 0.3) is 11.1 Å². The predicted molar refractivity (Wildman–Crippen MR) is 92.6 cm³/mol. The number of nitrogens with two attached hydrogens (primary N) is 1. The Morgan fingerprint density at radius 1 is 1.17 bits per heavy atom. The smallest absolute Gasteiger partial charge is 0.337 e. The van der Waals surface area contributed by atoms with Gasteiger partial charge in [-0.3, -0.25) is 0 Å². The molecule has 120 valence electrons. The van der Waals surface area contributed by atoms with E-state index in [1.54, 1.807) is 12.1 Å². The molecule has 0 aliphatic carbocycles. The summed E-state index contributed by atoms with van der Waals surface area (Å²) in [5.74, 6) is -0.320. The van der Waals surface area contributed by atoms with Crippen molar-refractivity contribution < 1.29 is 9.53 Å². The first-order chi connectivity index (χ1) is 11.0. The van der Waals surface area contributed by atoms with Crippen LogP contribution in [-0.2, 0) is 4.74 Å². The molecule has 0 amide bonds. The molecule has 4 nitrogen and oxygen atoms in total. The van der Waals surface area contributed by atoms with E-state index in [1.165, 1.54) is 18.4 Å². The number of anilines is 1. The summed E-state index contributed by atoms with van der Waals surface area (Å²) in [6.45, 7) is 2.20. The molecule has 0 saturated heterocycles. The summed E-state index contributed by atoms with van der Waals surface area (Å²) in [7, 11) is 3.50. The van der Waals surface area contributed by atoms with Gasteiger partial charge in [0.15, 0.2) is 0 Å². The van der Waals surface area contributed by atoms with Crippen LogP contribution in [0.2, 0.25) is 0 Å². The quantitative estimate of drug-likeness (QED) is 0.864. The van der Waals surface area contributed by atoms with Crippen molar-refractivity contribution >= 4 is 11.7 Å². The van der Waals surface area contributed by atoms with Crippen LogP contribution in [0.3, 0.4) is 0 Å². The van der Waals surface area contributed by atoms with Crippen molar-refractivity contribution in [3.8, 4) is 11.1 Å². The minimum Gasteiger partial charge on any atom is -0.465 e. The number of ether oxygens (including phenoxy) is 1. The maximum absolute atomic E-state index is 11.5. The van der Waals surface area contributed by atoms with E-state index in [2.05, 4.69) is 37.1 Å². The van der Waals surface area contributed by atoms with Gasteiger partial charge < -0.3 is 15.4 Å². The number of nitrogens with zero attached hydrogens (tertiary/aromatic N) is 1. The molecule has 2 aromatic carbocycles. The van der Waals surface area contributed by atoms with E-state index in [9.17, 15) is 4.79 Å². The summed E-state index contributed by atoms with van der Waals surface area (Å²) >= 11 is 0. The molecule has 1 aliphatic heterocycles. The van der Waals surface area contributed by atoms with Gasteiger partial charge in [-0.05, 0) is 54.3 Å². The molecule has 0 aromatic heterocycles. The van der Waals surface area contributed by atoms with Crippen molar-refractivity contribution in [1.29, 1.82) is 0 Å². The summed E-state index contributed by atoms with van der Waals surface area (Å²) in [6, 6.07) is 14.4. The van der Waals surface area contributed by atoms with E-state index in [4.69, 9.17) is 10.5 Å². The number of fused-ring (bicyclic) bond motifs is 1. The number of hydrogen-bond acceptors (Lipinski definition) is 4. The predicted octanol–water partition coefficient (Wildman–Crippen LogP) is 3.37. The van der Waals surface area contributed by atoms with E-state index in [0.717, 1.165) is 17.5 Å². The van der Waals surface area contributed by atoms with Crippen molar-refractivity contribution in [3.63, 3.8) is 0 Å². The van der Waals surface area contributed by atoms with Crippen LogP contribution in [0.5, 0.6) is 0 Å². The Hall–Kier alpha value is -2.33. The first-order valence-corrected chi connectivity index (χ1v) is 7.82. The SMILES string of the molecule is COC(=O)c1ccc(-c2ccc3c(c2)[C@H](N)C[C@H](C)N3C)cc1. The number of esters is 1. The topological polar surface area (TPSA) is 55.6 Å². The lowest BCUT2D eigenvalue weighted by Crippen LogP contribution is -2.37. The average molecular weight is 310 g/mol. The highest BCUT2D eigenvalue weighted by molar-refractivity contribution is 5.90. The van der Waals surface area contributed by atoms with Crippen molar-refractivity contribution in [2.45, 2.75) is 25.4 Å². The van der Waals surface area contributed by atoms with Gasteiger partial charge in [0.2, 0.25) is 0 Å². The lowest BCUT2D eigenvalue weighted by molar-refractivity contribution is 0.0601. The largest absolute Gasteiger partial charge is 0.465 e. The van der Waals surface area contributed by atoms with Gasteiger partial charge in [-0.1, -0.05) is 18.2 Å². The van der Waals surface area contributed by atoms with Gasteiger partial charge in [0.1, 0.15) is 0 Å². The first-order valence-electron chi connectivity index (χ1n) is 7.82. The molecule has 0 saturated carbocycles. The zero-order valence-electron chi connectivity index (χ0n) is 13.7. The molecule has 23 heavy (non-hydrogen) atoms. The highest BCUT2D eigenvalue weighted by Gasteiger charge is 2.25. The van der Waals surface area contributed by atoms with Gasteiger partial charge in [-0.25, -0.2) is 4.79 Å². The van der Waals surface area contributed by atoms with Gasteiger partial charge in [-0.2, -0.15) is 0 Å². The molecule has 2 N–H and O–H groups in total. The Balaban J connectivity index is 1.96. The maximum atomic E-state index is 11.5. The van der Waals surface area contributed by atoms with Gasteiger partial charge in [0.05, 0.1) is 12.7 Å². The summed E-state index contributed by atoms with van der Waals surface area (Å²) in [5, 5.41) is 0. The van der Waals surface area contributed by atoms with Gasteiger partial charge >= 0.3 is 5.97 Å². The second-order valence-electron chi connectivity index (χ2n) is 6.14. The molecule has 1 aliphatic rings. The molecule has 4 heteroatoms. The zero-order chi connectivity index (χ0) is 16.6. The highest BCUT2D eigenvalue weighted by Crippen LogP contribution is 2.37. The third kappa shape index (κ3) is 2.82. The fourth-order valence-electron chi connectivity index (χ4n) is 3.16. The second-order valence-corrected chi connectivity index (χ2v) is 6.14. The third-order valence-corrected chi connectivity index (χ3v) is 4.70. The first kappa shape index (κ1) is 15.6. The molecule has 0 radical (unpaired) electrons. The summed E-state index contributed by atoms with van der Waals surface area (Å²) < 4.78 is 4.73.